The number of amides is 1. The van der Waals surface area contributed by atoms with Crippen LogP contribution in [0.15, 0.2) is 54.6 Å². The van der Waals surface area contributed by atoms with Crippen LogP contribution >= 0.6 is 11.5 Å². The number of rotatable bonds is 4. The highest BCUT2D eigenvalue weighted by Crippen LogP contribution is 2.30. The summed E-state index contributed by atoms with van der Waals surface area (Å²) in [4.78, 5) is 22.3. The molecule has 1 aromatic heterocycles. The van der Waals surface area contributed by atoms with Crippen molar-refractivity contribution in [1.82, 2.24) is 14.3 Å². The van der Waals surface area contributed by atoms with Gasteiger partial charge in [0, 0.05) is 37.6 Å². The van der Waals surface area contributed by atoms with Gasteiger partial charge in [-0.3, -0.25) is 4.79 Å². The molecule has 6 heteroatoms. The van der Waals surface area contributed by atoms with Crippen molar-refractivity contribution < 1.29 is 4.79 Å². The molecule has 0 saturated carbocycles. The highest BCUT2D eigenvalue weighted by atomic mass is 32.1. The van der Waals surface area contributed by atoms with Crippen molar-refractivity contribution in [1.29, 1.82) is 0 Å². The smallest absolute Gasteiger partial charge is 0.245 e. The minimum Gasteiger partial charge on any atom is -0.336 e. The third kappa shape index (κ3) is 3.77. The van der Waals surface area contributed by atoms with Gasteiger partial charge in [0.1, 0.15) is 11.9 Å². The maximum absolute atomic E-state index is 13.3. The molecule has 0 spiro atoms. The third-order valence-corrected chi connectivity index (χ3v) is 6.68. The van der Waals surface area contributed by atoms with Crippen molar-refractivity contribution in [2.45, 2.75) is 38.3 Å². The lowest BCUT2D eigenvalue weighted by Gasteiger charge is -2.33. The molecular weight excluding hydrogens is 380 g/mol. The molecule has 1 fully saturated rings. The van der Waals surface area contributed by atoms with E-state index in [-0.39, 0.29) is 11.9 Å². The number of hydrogen-bond acceptors (Lipinski definition) is 5. The van der Waals surface area contributed by atoms with Crippen LogP contribution in [0, 0.1) is 0 Å². The summed E-state index contributed by atoms with van der Waals surface area (Å²) in [5.74, 6) is 1.07. The summed E-state index contributed by atoms with van der Waals surface area (Å²) < 4.78 is 4.56. The zero-order chi connectivity index (χ0) is 19.6. The van der Waals surface area contributed by atoms with Gasteiger partial charge in [-0.1, -0.05) is 54.6 Å². The Balaban J connectivity index is 1.30. The highest BCUT2D eigenvalue weighted by molar-refractivity contribution is 7.09. The highest BCUT2D eigenvalue weighted by Gasteiger charge is 2.36. The minimum atomic E-state index is -0.113. The number of anilines is 1. The number of carbonyl (C=O) groups is 1. The Hall–Kier alpha value is -2.73. The number of fused-ring (bicyclic) bond motifs is 1. The lowest BCUT2D eigenvalue weighted by Crippen LogP contribution is -2.47. The largest absolute Gasteiger partial charge is 0.336 e. The van der Waals surface area contributed by atoms with Crippen LogP contribution in [-0.2, 0) is 24.2 Å². The number of aromatic nitrogens is 2. The van der Waals surface area contributed by atoms with Crippen LogP contribution in [0.5, 0.6) is 0 Å². The average Bonchev–Trinajstić information content (AvgIpc) is 3.43. The zero-order valence-corrected chi connectivity index (χ0v) is 17.1. The summed E-state index contributed by atoms with van der Waals surface area (Å²) in [5.41, 5.74) is 3.85. The molecule has 3 heterocycles. The van der Waals surface area contributed by atoms with Crippen LogP contribution in [0.25, 0.3) is 0 Å². The predicted octanol–water partition coefficient (Wildman–Crippen LogP) is 3.68. The lowest BCUT2D eigenvalue weighted by molar-refractivity contribution is -0.133. The molecule has 2 aromatic carbocycles. The quantitative estimate of drug-likeness (QED) is 0.666. The van der Waals surface area contributed by atoms with Gasteiger partial charge in [0.15, 0.2) is 0 Å². The number of benzene rings is 2. The molecular formula is C23H24N4OS. The molecule has 0 bridgehead atoms. The van der Waals surface area contributed by atoms with Crippen LogP contribution in [0.3, 0.4) is 0 Å². The second kappa shape index (κ2) is 7.95. The first-order chi connectivity index (χ1) is 14.3. The molecule has 0 aliphatic carbocycles. The van der Waals surface area contributed by atoms with E-state index in [0.717, 1.165) is 49.7 Å². The van der Waals surface area contributed by atoms with Crippen molar-refractivity contribution in [3.8, 4) is 0 Å². The molecule has 2 aliphatic heterocycles. The SMILES string of the molecule is O=C([C@H]1CCCN1c1nc(Cc2ccccc2)ns1)N1CCc2ccccc2C1. The van der Waals surface area contributed by atoms with Gasteiger partial charge in [0.05, 0.1) is 0 Å². The van der Waals surface area contributed by atoms with Crippen molar-refractivity contribution in [2.75, 3.05) is 18.0 Å². The van der Waals surface area contributed by atoms with Crippen molar-refractivity contribution in [3.05, 3.63) is 77.1 Å². The van der Waals surface area contributed by atoms with Gasteiger partial charge in [-0.05, 0) is 36.0 Å². The molecule has 2 aliphatic rings. The first-order valence-corrected chi connectivity index (χ1v) is 11.0. The van der Waals surface area contributed by atoms with Crippen LogP contribution in [0.2, 0.25) is 0 Å². The van der Waals surface area contributed by atoms with E-state index in [2.05, 4.69) is 45.7 Å². The van der Waals surface area contributed by atoms with E-state index in [4.69, 9.17) is 4.98 Å². The van der Waals surface area contributed by atoms with E-state index in [9.17, 15) is 4.79 Å². The van der Waals surface area contributed by atoms with Gasteiger partial charge >= 0.3 is 0 Å². The number of carbonyl (C=O) groups excluding carboxylic acids is 1. The fourth-order valence-electron chi connectivity index (χ4n) is 4.36. The van der Waals surface area contributed by atoms with E-state index < -0.39 is 0 Å². The Kier molecular flexibility index (Phi) is 5.02. The third-order valence-electron chi connectivity index (χ3n) is 5.89. The van der Waals surface area contributed by atoms with E-state index in [1.54, 1.807) is 0 Å². The summed E-state index contributed by atoms with van der Waals surface area (Å²) in [6.07, 6.45) is 3.58. The summed E-state index contributed by atoms with van der Waals surface area (Å²) in [5, 5.41) is 0.879. The topological polar surface area (TPSA) is 49.3 Å². The maximum Gasteiger partial charge on any atom is 0.245 e. The Bertz CT molecular complexity index is 1000. The monoisotopic (exact) mass is 404 g/mol. The van der Waals surface area contributed by atoms with Crippen molar-refractivity contribution >= 4 is 22.6 Å². The first-order valence-electron chi connectivity index (χ1n) is 10.3. The molecule has 1 amide bonds. The summed E-state index contributed by atoms with van der Waals surface area (Å²) in [7, 11) is 0. The molecule has 5 nitrogen and oxygen atoms in total. The average molecular weight is 405 g/mol. The molecule has 3 aromatic rings. The minimum absolute atomic E-state index is 0.113. The van der Waals surface area contributed by atoms with E-state index in [1.165, 1.54) is 28.2 Å². The van der Waals surface area contributed by atoms with Crippen LogP contribution in [-0.4, -0.2) is 39.3 Å². The molecule has 0 unspecified atom stereocenters. The second-order valence-electron chi connectivity index (χ2n) is 7.79. The Morgan fingerprint density at radius 3 is 2.69 bits per heavy atom. The fraction of sp³-hybridized carbons (Fsp3) is 0.348. The molecule has 0 radical (unpaired) electrons. The molecule has 148 valence electrons. The normalized spacial score (nSPS) is 18.7. The van der Waals surface area contributed by atoms with Gasteiger partial charge in [-0.25, -0.2) is 4.98 Å². The summed E-state index contributed by atoms with van der Waals surface area (Å²) in [6, 6.07) is 18.6. The fourth-order valence-corrected chi connectivity index (χ4v) is 5.12. The number of hydrogen-bond donors (Lipinski definition) is 0. The van der Waals surface area contributed by atoms with Crippen molar-refractivity contribution in [3.63, 3.8) is 0 Å². The second-order valence-corrected chi connectivity index (χ2v) is 8.52. The van der Waals surface area contributed by atoms with Crippen LogP contribution in [0.4, 0.5) is 5.13 Å². The Morgan fingerprint density at radius 2 is 1.83 bits per heavy atom. The zero-order valence-electron chi connectivity index (χ0n) is 16.3. The Morgan fingerprint density at radius 1 is 1.03 bits per heavy atom. The molecule has 1 atom stereocenters. The van der Waals surface area contributed by atoms with E-state index >= 15 is 0 Å². The maximum atomic E-state index is 13.3. The van der Waals surface area contributed by atoms with Gasteiger partial charge < -0.3 is 9.80 Å². The molecule has 5 rings (SSSR count). The lowest BCUT2D eigenvalue weighted by atomic mass is 9.99. The van der Waals surface area contributed by atoms with Crippen LogP contribution < -0.4 is 4.90 Å². The predicted molar refractivity (Wildman–Crippen MR) is 115 cm³/mol. The van der Waals surface area contributed by atoms with E-state index in [0.29, 0.717) is 6.54 Å². The standard InChI is InChI=1S/C23H24N4OS/c28-22(26-14-12-18-9-4-5-10-19(18)16-26)20-11-6-13-27(20)23-24-21(25-29-23)15-17-7-2-1-3-8-17/h1-5,7-10,20H,6,11-16H2/t20-/m1/s1. The van der Waals surface area contributed by atoms with Gasteiger partial charge in [0.25, 0.3) is 0 Å². The van der Waals surface area contributed by atoms with Gasteiger partial charge in [-0.15, -0.1) is 0 Å². The summed E-state index contributed by atoms with van der Waals surface area (Å²) in [6.45, 7) is 2.39. The van der Waals surface area contributed by atoms with Gasteiger partial charge in [0.2, 0.25) is 11.0 Å². The van der Waals surface area contributed by atoms with Gasteiger partial charge in [-0.2, -0.15) is 4.37 Å². The van der Waals surface area contributed by atoms with Crippen molar-refractivity contribution in [2.24, 2.45) is 0 Å². The molecule has 0 N–H and O–H groups in total. The van der Waals surface area contributed by atoms with E-state index in [1.807, 2.05) is 23.1 Å². The Labute approximate surface area is 175 Å². The molecule has 29 heavy (non-hydrogen) atoms. The van der Waals surface area contributed by atoms with Crippen LogP contribution in [0.1, 0.15) is 35.4 Å². The number of nitrogens with zero attached hydrogens (tertiary/aromatic N) is 4. The first kappa shape index (κ1) is 18.3. The summed E-state index contributed by atoms with van der Waals surface area (Å²) >= 11 is 1.42. The molecule has 1 saturated heterocycles.